The number of nitrogens with zero attached hydrogens (tertiary/aromatic N) is 3. The molecule has 0 saturated carbocycles. The lowest BCUT2D eigenvalue weighted by Crippen LogP contribution is -2.08. The van der Waals surface area contributed by atoms with Crippen molar-refractivity contribution in [1.82, 2.24) is 9.13 Å². The number of para-hydroxylation sites is 4. The summed E-state index contributed by atoms with van der Waals surface area (Å²) >= 11 is 0. The topological polar surface area (TPSA) is 59.9 Å². The zero-order chi connectivity index (χ0) is 43.7. The highest BCUT2D eigenvalue weighted by molar-refractivity contribution is 6.25. The molecule has 8 heteroatoms. The third-order valence-electron chi connectivity index (χ3n) is 13.1. The van der Waals surface area contributed by atoms with Gasteiger partial charge in [-0.25, -0.2) is 0 Å². The molecule has 0 aliphatic rings. The van der Waals surface area contributed by atoms with Gasteiger partial charge >= 0.3 is 6.18 Å². The van der Waals surface area contributed by atoms with Gasteiger partial charge in [-0.3, -0.25) is 0 Å². The van der Waals surface area contributed by atoms with Crippen LogP contribution in [0, 0.1) is 18.3 Å². The molecule has 4 heterocycles. The molecule has 0 aliphatic heterocycles. The third-order valence-corrected chi connectivity index (χ3v) is 13.1. The molecule has 13 rings (SSSR count). The van der Waals surface area contributed by atoms with E-state index in [0.29, 0.717) is 39.2 Å². The fourth-order valence-corrected chi connectivity index (χ4v) is 10.5. The number of hydrogen-bond acceptors (Lipinski definition) is 3. The van der Waals surface area contributed by atoms with E-state index >= 15 is 0 Å². The molecular weight excluding hydrogens is 816 g/mol. The van der Waals surface area contributed by atoms with Gasteiger partial charge in [-0.2, -0.15) is 18.4 Å². The van der Waals surface area contributed by atoms with Crippen LogP contribution in [-0.4, -0.2) is 9.13 Å². The molecule has 0 unspecified atom stereocenters. The summed E-state index contributed by atoms with van der Waals surface area (Å²) < 4.78 is 62.5. The largest absolute Gasteiger partial charge is 0.455 e. The fourth-order valence-electron chi connectivity index (χ4n) is 10.5. The highest BCUT2D eigenvalue weighted by Gasteiger charge is 2.35. The number of hydrogen-bond donors (Lipinski definition) is 0. The van der Waals surface area contributed by atoms with Crippen molar-refractivity contribution < 1.29 is 22.0 Å². The summed E-state index contributed by atoms with van der Waals surface area (Å²) in [5.74, 6) is 0. The number of furan rings is 2. The quantitative estimate of drug-likeness (QED) is 0.177. The zero-order valence-electron chi connectivity index (χ0n) is 34.5. The van der Waals surface area contributed by atoms with Crippen LogP contribution in [0.25, 0.3) is 121 Å². The number of aromatic nitrogens is 2. The van der Waals surface area contributed by atoms with E-state index in [-0.39, 0.29) is 5.56 Å². The molecule has 0 bridgehead atoms. The van der Waals surface area contributed by atoms with E-state index < -0.39 is 11.7 Å². The van der Waals surface area contributed by atoms with E-state index in [9.17, 15) is 18.4 Å². The highest BCUT2D eigenvalue weighted by atomic mass is 19.4. The summed E-state index contributed by atoms with van der Waals surface area (Å²) in [7, 11) is 0. The summed E-state index contributed by atoms with van der Waals surface area (Å²) in [4.78, 5) is 0. The molecule has 5 nitrogen and oxygen atoms in total. The van der Waals surface area contributed by atoms with Gasteiger partial charge < -0.3 is 18.0 Å². The standard InChI is InChI=1S/C57H32F3N3O2/c1-32-12-10-18-42(57(58,59)60)51(32)33-24-27-45(62-43-19-6-2-16-39(43)53-47(62)28-25-37-35-14-4-8-22-49(35)64-55(37)53)41(30-33)52-34(31-61)13-11-21-46(52)63-44-20-7-3-17-40(44)54-48(63)29-26-38-36-15-5-9-23-50(36)65-56(38)54/h2-30H,1H3. The van der Waals surface area contributed by atoms with Crippen molar-refractivity contribution in [1.29, 1.82) is 5.26 Å². The molecule has 9 aromatic carbocycles. The lowest BCUT2D eigenvalue weighted by molar-refractivity contribution is -0.137. The second-order valence-electron chi connectivity index (χ2n) is 16.6. The average Bonchev–Trinajstić information content (AvgIpc) is 4.08. The van der Waals surface area contributed by atoms with Crippen molar-refractivity contribution in [3.8, 4) is 39.7 Å². The number of halogens is 3. The Morgan fingerprint density at radius 3 is 1.60 bits per heavy atom. The summed E-state index contributed by atoms with van der Waals surface area (Å²) in [6, 6.07) is 58.4. The maximum Gasteiger partial charge on any atom is 0.417 e. The van der Waals surface area contributed by atoms with Crippen molar-refractivity contribution >= 4 is 87.5 Å². The molecule has 4 aromatic heterocycles. The van der Waals surface area contributed by atoms with Crippen LogP contribution in [0.15, 0.2) is 185 Å². The number of benzene rings is 9. The van der Waals surface area contributed by atoms with Crippen molar-refractivity contribution in [2.24, 2.45) is 0 Å². The number of rotatable bonds is 4. The molecule has 0 N–H and O–H groups in total. The van der Waals surface area contributed by atoms with Crippen LogP contribution in [0.5, 0.6) is 0 Å². The third kappa shape index (κ3) is 5.21. The maximum atomic E-state index is 15.0. The smallest absolute Gasteiger partial charge is 0.417 e. The molecule has 0 amide bonds. The molecule has 0 spiro atoms. The van der Waals surface area contributed by atoms with Gasteiger partial charge in [-0.05, 0) is 102 Å². The Labute approximate surface area is 368 Å². The van der Waals surface area contributed by atoms with Gasteiger partial charge in [0.1, 0.15) is 22.3 Å². The van der Waals surface area contributed by atoms with E-state index in [1.807, 2.05) is 91.0 Å². The Hall–Kier alpha value is -8.54. The average molecular weight is 848 g/mol. The SMILES string of the molecule is Cc1cccc(C(F)(F)F)c1-c1ccc(-n2c3ccccc3c3c4oc5ccccc5c4ccc32)c(-c2c(C#N)cccc2-n2c3ccccc3c3c4oc5ccccc5c4ccc32)c1. The normalized spacial score (nSPS) is 12.3. The summed E-state index contributed by atoms with van der Waals surface area (Å²) in [5.41, 5.74) is 9.58. The van der Waals surface area contributed by atoms with Crippen LogP contribution < -0.4 is 0 Å². The van der Waals surface area contributed by atoms with Gasteiger partial charge in [0.05, 0.1) is 61.4 Å². The van der Waals surface area contributed by atoms with Crippen LogP contribution >= 0.6 is 0 Å². The minimum absolute atomic E-state index is 0.0825. The van der Waals surface area contributed by atoms with E-state index in [1.54, 1.807) is 25.1 Å². The highest BCUT2D eigenvalue weighted by Crippen LogP contribution is 2.48. The van der Waals surface area contributed by atoms with Gasteiger partial charge in [-0.15, -0.1) is 0 Å². The van der Waals surface area contributed by atoms with Gasteiger partial charge in [0, 0.05) is 43.4 Å². The Bertz CT molecular complexity index is 4210. The molecule has 0 aliphatic carbocycles. The number of alkyl halides is 3. The first-order chi connectivity index (χ1) is 31.8. The van der Waals surface area contributed by atoms with Crippen molar-refractivity contribution in [3.63, 3.8) is 0 Å². The number of nitriles is 1. The molecule has 0 atom stereocenters. The Balaban J connectivity index is 1.18. The van der Waals surface area contributed by atoms with E-state index in [2.05, 4.69) is 69.8 Å². The van der Waals surface area contributed by atoms with Crippen LogP contribution in [-0.2, 0) is 6.18 Å². The number of fused-ring (bicyclic) bond motifs is 14. The van der Waals surface area contributed by atoms with Crippen LogP contribution in [0.3, 0.4) is 0 Å². The first kappa shape index (κ1) is 37.1. The Morgan fingerprint density at radius 2 is 1.02 bits per heavy atom. The zero-order valence-corrected chi connectivity index (χ0v) is 34.5. The van der Waals surface area contributed by atoms with Crippen LogP contribution in [0.1, 0.15) is 16.7 Å². The summed E-state index contributed by atoms with van der Waals surface area (Å²) in [5, 5.41) is 18.9. The lowest BCUT2D eigenvalue weighted by Gasteiger charge is -2.22. The fraction of sp³-hybridized carbons (Fsp3) is 0.0351. The number of aryl methyl sites for hydroxylation is 1. The van der Waals surface area contributed by atoms with Crippen molar-refractivity contribution in [3.05, 3.63) is 193 Å². The maximum absolute atomic E-state index is 15.0. The molecule has 308 valence electrons. The van der Waals surface area contributed by atoms with E-state index in [0.717, 1.165) is 93.6 Å². The minimum atomic E-state index is -4.62. The van der Waals surface area contributed by atoms with E-state index in [1.165, 1.54) is 6.07 Å². The van der Waals surface area contributed by atoms with Gasteiger partial charge in [-0.1, -0.05) is 97.1 Å². The second-order valence-corrected chi connectivity index (χ2v) is 16.6. The molecule has 13 aromatic rings. The molecular formula is C57H32F3N3O2. The van der Waals surface area contributed by atoms with Gasteiger partial charge in [0.2, 0.25) is 0 Å². The van der Waals surface area contributed by atoms with Crippen molar-refractivity contribution in [2.45, 2.75) is 13.1 Å². The summed E-state index contributed by atoms with van der Waals surface area (Å²) in [6.07, 6.45) is -4.62. The molecule has 65 heavy (non-hydrogen) atoms. The monoisotopic (exact) mass is 847 g/mol. The second kappa shape index (κ2) is 13.5. The molecule has 0 radical (unpaired) electrons. The first-order valence-corrected chi connectivity index (χ1v) is 21.3. The Kier molecular flexibility index (Phi) is 7.68. The molecule has 0 fully saturated rings. The first-order valence-electron chi connectivity index (χ1n) is 21.3. The predicted molar refractivity (Wildman–Crippen MR) is 255 cm³/mol. The van der Waals surface area contributed by atoms with Crippen LogP contribution in [0.4, 0.5) is 13.2 Å². The summed E-state index contributed by atoms with van der Waals surface area (Å²) in [6.45, 7) is 1.70. The van der Waals surface area contributed by atoms with Crippen molar-refractivity contribution in [2.75, 3.05) is 0 Å². The predicted octanol–water partition coefficient (Wildman–Crippen LogP) is 16.2. The van der Waals surface area contributed by atoms with Gasteiger partial charge in [0.15, 0.2) is 0 Å². The van der Waals surface area contributed by atoms with Crippen LogP contribution in [0.2, 0.25) is 0 Å². The molecule has 0 saturated heterocycles. The Morgan fingerprint density at radius 1 is 0.477 bits per heavy atom. The van der Waals surface area contributed by atoms with E-state index in [4.69, 9.17) is 8.83 Å². The van der Waals surface area contributed by atoms with Gasteiger partial charge in [0.25, 0.3) is 0 Å². The minimum Gasteiger partial charge on any atom is -0.455 e. The lowest BCUT2D eigenvalue weighted by atomic mass is 9.89.